The Bertz CT molecular complexity index is 275. The third-order valence-electron chi connectivity index (χ3n) is 4.20. The van der Waals surface area contributed by atoms with Crippen molar-refractivity contribution >= 4 is 0 Å². The lowest BCUT2D eigenvalue weighted by atomic mass is 10.2. The molecule has 21 heavy (non-hydrogen) atoms. The Morgan fingerprint density at radius 3 is 2.38 bits per heavy atom. The Morgan fingerprint density at radius 1 is 1.14 bits per heavy atom. The van der Waals surface area contributed by atoms with Gasteiger partial charge in [0.25, 0.3) is 0 Å². The van der Waals surface area contributed by atoms with Crippen molar-refractivity contribution in [2.75, 3.05) is 59.1 Å². The first kappa shape index (κ1) is 17.2. The minimum atomic E-state index is -0.386. The van der Waals surface area contributed by atoms with Crippen LogP contribution in [-0.2, 0) is 9.47 Å². The van der Waals surface area contributed by atoms with Crippen LogP contribution in [0.15, 0.2) is 0 Å². The summed E-state index contributed by atoms with van der Waals surface area (Å²) in [5.74, 6) is 0.730. The molecule has 0 aromatic carbocycles. The molecule has 2 atom stereocenters. The summed E-state index contributed by atoms with van der Waals surface area (Å²) in [7, 11) is 0. The Kier molecular flexibility index (Phi) is 7.40. The molecule has 2 unspecified atom stereocenters. The number of hydrogen-bond donors (Lipinski definition) is 1. The maximum absolute atomic E-state index is 10.1. The molecule has 0 aromatic rings. The molecule has 0 aliphatic carbocycles. The van der Waals surface area contributed by atoms with Crippen LogP contribution in [-0.4, -0.2) is 86.2 Å². The van der Waals surface area contributed by atoms with Gasteiger partial charge in [-0.05, 0) is 18.8 Å². The van der Waals surface area contributed by atoms with Gasteiger partial charge in [-0.1, -0.05) is 13.8 Å². The fourth-order valence-electron chi connectivity index (χ4n) is 3.13. The highest BCUT2D eigenvalue weighted by Crippen LogP contribution is 2.12. The molecular weight excluding hydrogens is 268 g/mol. The molecule has 0 amide bonds. The molecule has 0 aromatic heterocycles. The second kappa shape index (κ2) is 9.06. The molecule has 0 saturated carbocycles. The number of ether oxygens (including phenoxy) is 2. The summed E-state index contributed by atoms with van der Waals surface area (Å²) < 4.78 is 11.1. The van der Waals surface area contributed by atoms with Crippen molar-refractivity contribution in [3.8, 4) is 0 Å². The quantitative estimate of drug-likeness (QED) is 0.719. The van der Waals surface area contributed by atoms with Gasteiger partial charge < -0.3 is 19.5 Å². The van der Waals surface area contributed by atoms with E-state index in [1.54, 1.807) is 0 Å². The summed E-state index contributed by atoms with van der Waals surface area (Å²) >= 11 is 0. The Morgan fingerprint density at radius 2 is 1.81 bits per heavy atom. The zero-order valence-electron chi connectivity index (χ0n) is 13.7. The molecule has 2 aliphatic heterocycles. The summed E-state index contributed by atoms with van der Waals surface area (Å²) in [5, 5.41) is 10.1. The first-order chi connectivity index (χ1) is 10.1. The van der Waals surface area contributed by atoms with Crippen LogP contribution in [0.1, 0.15) is 26.7 Å². The van der Waals surface area contributed by atoms with E-state index in [2.05, 4.69) is 23.6 Å². The van der Waals surface area contributed by atoms with Gasteiger partial charge >= 0.3 is 0 Å². The predicted octanol–water partition coefficient (Wildman–Crippen LogP) is 0.817. The number of β-amino-alcohol motifs (C(OH)–C–C–N with tert-alkyl or cyclic N) is 1. The maximum Gasteiger partial charge on any atom is 0.0900 e. The topological polar surface area (TPSA) is 45.2 Å². The molecular formula is C16H32N2O3. The van der Waals surface area contributed by atoms with Gasteiger partial charge in [0.1, 0.15) is 0 Å². The molecule has 2 rings (SSSR count). The molecule has 2 aliphatic rings. The lowest BCUT2D eigenvalue weighted by Gasteiger charge is -2.36. The Labute approximate surface area is 129 Å². The Hall–Kier alpha value is -0.200. The van der Waals surface area contributed by atoms with Crippen molar-refractivity contribution in [3.63, 3.8) is 0 Å². The van der Waals surface area contributed by atoms with E-state index < -0.39 is 0 Å². The molecule has 1 N–H and O–H groups in total. The van der Waals surface area contributed by atoms with Crippen molar-refractivity contribution in [1.29, 1.82) is 0 Å². The molecule has 124 valence electrons. The van der Waals surface area contributed by atoms with Crippen LogP contribution in [0.5, 0.6) is 0 Å². The zero-order chi connectivity index (χ0) is 15.1. The number of hydrogen-bond acceptors (Lipinski definition) is 5. The summed E-state index contributed by atoms with van der Waals surface area (Å²) in [6, 6.07) is 0. The van der Waals surface area contributed by atoms with E-state index in [9.17, 15) is 5.11 Å². The molecule has 0 spiro atoms. The molecule has 5 heteroatoms. The van der Waals surface area contributed by atoms with E-state index in [0.29, 0.717) is 13.2 Å². The van der Waals surface area contributed by atoms with Gasteiger partial charge in [-0.2, -0.15) is 0 Å². The minimum Gasteiger partial charge on any atom is -0.389 e. The van der Waals surface area contributed by atoms with Crippen LogP contribution < -0.4 is 0 Å². The third-order valence-corrected chi connectivity index (χ3v) is 4.20. The fraction of sp³-hybridized carbons (Fsp3) is 1.00. The SMILES string of the molecule is CC(C)CN1CCN(CC(O)COCC2CCCO2)CC1. The lowest BCUT2D eigenvalue weighted by molar-refractivity contribution is -0.0288. The van der Waals surface area contributed by atoms with Gasteiger partial charge in [0.05, 0.1) is 25.4 Å². The van der Waals surface area contributed by atoms with E-state index in [0.717, 1.165) is 58.1 Å². The standard InChI is InChI=1S/C16H32N2O3/c1-14(2)10-17-5-7-18(8-6-17)11-15(19)12-20-13-16-4-3-9-21-16/h14-16,19H,3-13H2,1-2H3. The second-order valence-corrected chi connectivity index (χ2v) is 6.82. The molecule has 0 radical (unpaired) electrons. The number of nitrogens with zero attached hydrogens (tertiary/aromatic N) is 2. The second-order valence-electron chi connectivity index (χ2n) is 6.82. The van der Waals surface area contributed by atoms with Gasteiger partial charge in [-0.15, -0.1) is 0 Å². The van der Waals surface area contributed by atoms with Crippen molar-refractivity contribution < 1.29 is 14.6 Å². The van der Waals surface area contributed by atoms with Gasteiger partial charge in [0, 0.05) is 45.9 Å². The van der Waals surface area contributed by atoms with Crippen molar-refractivity contribution in [2.45, 2.75) is 38.9 Å². The lowest BCUT2D eigenvalue weighted by Crippen LogP contribution is -2.49. The van der Waals surface area contributed by atoms with Crippen molar-refractivity contribution in [1.82, 2.24) is 9.80 Å². The fourth-order valence-corrected chi connectivity index (χ4v) is 3.13. The van der Waals surface area contributed by atoms with Gasteiger partial charge in [-0.3, -0.25) is 4.90 Å². The highest BCUT2D eigenvalue weighted by molar-refractivity contribution is 4.75. The van der Waals surface area contributed by atoms with Crippen LogP contribution in [0.4, 0.5) is 0 Å². The normalized spacial score (nSPS) is 26.6. The zero-order valence-corrected chi connectivity index (χ0v) is 13.7. The first-order valence-corrected chi connectivity index (χ1v) is 8.45. The smallest absolute Gasteiger partial charge is 0.0900 e. The van der Waals surface area contributed by atoms with Gasteiger partial charge in [0.2, 0.25) is 0 Å². The highest BCUT2D eigenvalue weighted by atomic mass is 16.5. The number of piperazine rings is 1. The monoisotopic (exact) mass is 300 g/mol. The average molecular weight is 300 g/mol. The summed E-state index contributed by atoms with van der Waals surface area (Å²) in [4.78, 5) is 4.86. The van der Waals surface area contributed by atoms with Crippen LogP contribution in [0, 0.1) is 5.92 Å². The van der Waals surface area contributed by atoms with Gasteiger partial charge in [0.15, 0.2) is 0 Å². The summed E-state index contributed by atoms with van der Waals surface area (Å²) in [6.45, 7) is 12.7. The van der Waals surface area contributed by atoms with Crippen LogP contribution in [0.2, 0.25) is 0 Å². The molecule has 0 bridgehead atoms. The minimum absolute atomic E-state index is 0.247. The van der Waals surface area contributed by atoms with E-state index in [-0.39, 0.29) is 12.2 Å². The first-order valence-electron chi connectivity index (χ1n) is 8.45. The van der Waals surface area contributed by atoms with Crippen molar-refractivity contribution in [2.24, 2.45) is 5.92 Å². The largest absolute Gasteiger partial charge is 0.389 e. The van der Waals surface area contributed by atoms with Crippen molar-refractivity contribution in [3.05, 3.63) is 0 Å². The Balaban J connectivity index is 1.53. The summed E-state index contributed by atoms with van der Waals surface area (Å²) in [6.07, 6.45) is 2.09. The molecule has 2 heterocycles. The maximum atomic E-state index is 10.1. The van der Waals surface area contributed by atoms with Gasteiger partial charge in [-0.25, -0.2) is 0 Å². The van der Waals surface area contributed by atoms with E-state index in [1.165, 1.54) is 6.54 Å². The van der Waals surface area contributed by atoms with Crippen LogP contribution in [0.3, 0.4) is 0 Å². The molecule has 5 nitrogen and oxygen atoms in total. The molecule has 2 saturated heterocycles. The predicted molar refractivity (Wildman–Crippen MR) is 83.5 cm³/mol. The summed E-state index contributed by atoms with van der Waals surface area (Å²) in [5.41, 5.74) is 0. The third kappa shape index (κ3) is 6.61. The average Bonchev–Trinajstić information content (AvgIpc) is 2.93. The van der Waals surface area contributed by atoms with E-state index >= 15 is 0 Å². The van der Waals surface area contributed by atoms with E-state index in [4.69, 9.17) is 9.47 Å². The highest BCUT2D eigenvalue weighted by Gasteiger charge is 2.20. The van der Waals surface area contributed by atoms with Crippen LogP contribution in [0.25, 0.3) is 0 Å². The number of aliphatic hydroxyl groups excluding tert-OH is 1. The van der Waals surface area contributed by atoms with Crippen LogP contribution >= 0.6 is 0 Å². The molecule has 2 fully saturated rings. The van der Waals surface area contributed by atoms with E-state index in [1.807, 2.05) is 0 Å². The number of aliphatic hydroxyl groups is 1. The number of rotatable bonds is 8.